The number of hydrogen-bond acceptors (Lipinski definition) is 4. The van der Waals surface area contributed by atoms with Gasteiger partial charge in [-0.05, 0) is 50.4 Å². The lowest BCUT2D eigenvalue weighted by Crippen LogP contribution is -2.32. The normalized spacial score (nSPS) is 16.3. The molecule has 2 aromatic rings. The van der Waals surface area contributed by atoms with Gasteiger partial charge in [0.2, 0.25) is 5.95 Å². The van der Waals surface area contributed by atoms with Crippen molar-refractivity contribution in [2.45, 2.75) is 25.7 Å². The Morgan fingerprint density at radius 1 is 0.826 bits per heavy atom. The van der Waals surface area contributed by atoms with Crippen LogP contribution in [0.1, 0.15) is 24.8 Å². The van der Waals surface area contributed by atoms with Crippen LogP contribution in [0.25, 0.3) is 0 Å². The van der Waals surface area contributed by atoms with E-state index in [1.165, 1.54) is 44.3 Å². The summed E-state index contributed by atoms with van der Waals surface area (Å²) in [5.41, 5.74) is 1.45. The zero-order valence-corrected chi connectivity index (χ0v) is 13.8. The minimum atomic E-state index is 0.874. The summed E-state index contributed by atoms with van der Waals surface area (Å²) in [6.07, 6.45) is 8.58. The van der Waals surface area contributed by atoms with Crippen molar-refractivity contribution >= 4 is 5.95 Å². The van der Waals surface area contributed by atoms with Crippen molar-refractivity contribution in [1.29, 1.82) is 0 Å². The average Bonchev–Trinajstić information content (AvgIpc) is 2.86. The van der Waals surface area contributed by atoms with E-state index in [9.17, 15) is 0 Å². The van der Waals surface area contributed by atoms with Crippen molar-refractivity contribution in [3.8, 4) is 0 Å². The highest BCUT2D eigenvalue weighted by Gasteiger charge is 2.16. The van der Waals surface area contributed by atoms with Gasteiger partial charge in [-0.3, -0.25) is 0 Å². The number of benzene rings is 1. The van der Waals surface area contributed by atoms with Crippen molar-refractivity contribution in [2.24, 2.45) is 0 Å². The highest BCUT2D eigenvalue weighted by atomic mass is 15.3. The second-order valence-electron chi connectivity index (χ2n) is 6.17. The molecule has 0 N–H and O–H groups in total. The molecule has 0 saturated carbocycles. The van der Waals surface area contributed by atoms with Gasteiger partial charge in [-0.1, -0.05) is 30.3 Å². The Hall–Kier alpha value is -1.94. The molecule has 2 heterocycles. The second-order valence-corrected chi connectivity index (χ2v) is 6.17. The van der Waals surface area contributed by atoms with E-state index in [1.54, 1.807) is 0 Å². The second kappa shape index (κ2) is 8.63. The molecule has 122 valence electrons. The molecule has 0 bridgehead atoms. The molecule has 23 heavy (non-hydrogen) atoms. The maximum atomic E-state index is 4.37. The van der Waals surface area contributed by atoms with Gasteiger partial charge in [-0.2, -0.15) is 0 Å². The van der Waals surface area contributed by atoms with Crippen molar-refractivity contribution in [2.75, 3.05) is 37.6 Å². The Bertz CT molecular complexity index is 558. The SMILES string of the molecule is c1ccc(CCCCN2CCCN(c3ncccn3)CC2)cc1. The first-order valence-corrected chi connectivity index (χ1v) is 8.70. The lowest BCUT2D eigenvalue weighted by atomic mass is 10.1. The van der Waals surface area contributed by atoms with Crippen LogP contribution in [-0.2, 0) is 6.42 Å². The predicted molar refractivity (Wildman–Crippen MR) is 94.7 cm³/mol. The van der Waals surface area contributed by atoms with Gasteiger partial charge in [-0.15, -0.1) is 0 Å². The highest BCUT2D eigenvalue weighted by Crippen LogP contribution is 2.11. The van der Waals surface area contributed by atoms with Crippen LogP contribution >= 0.6 is 0 Å². The van der Waals surface area contributed by atoms with Crippen LogP contribution in [0.4, 0.5) is 5.95 Å². The summed E-state index contributed by atoms with van der Waals surface area (Å²) in [6, 6.07) is 12.7. The predicted octanol–water partition coefficient (Wildman–Crippen LogP) is 3.01. The minimum Gasteiger partial charge on any atom is -0.339 e. The molecule has 1 aromatic heterocycles. The Balaban J connectivity index is 1.38. The molecule has 1 aromatic carbocycles. The van der Waals surface area contributed by atoms with Crippen LogP contribution in [0, 0.1) is 0 Å². The maximum absolute atomic E-state index is 4.37. The molecule has 1 fully saturated rings. The summed E-state index contributed by atoms with van der Waals surface area (Å²) >= 11 is 0. The smallest absolute Gasteiger partial charge is 0.225 e. The molecule has 1 aliphatic rings. The molecule has 1 saturated heterocycles. The molecule has 1 aliphatic heterocycles. The quantitative estimate of drug-likeness (QED) is 0.768. The van der Waals surface area contributed by atoms with E-state index in [4.69, 9.17) is 0 Å². The van der Waals surface area contributed by atoms with Crippen LogP contribution in [0.3, 0.4) is 0 Å². The Kier molecular flexibility index (Phi) is 5.98. The van der Waals surface area contributed by atoms with Gasteiger partial charge in [0.05, 0.1) is 0 Å². The summed E-state index contributed by atoms with van der Waals surface area (Å²) < 4.78 is 0. The topological polar surface area (TPSA) is 32.3 Å². The first-order chi connectivity index (χ1) is 11.4. The highest BCUT2D eigenvalue weighted by molar-refractivity contribution is 5.28. The largest absolute Gasteiger partial charge is 0.339 e. The minimum absolute atomic E-state index is 0.874. The number of unbranched alkanes of at least 4 members (excludes halogenated alkanes) is 1. The molecule has 4 heteroatoms. The molecule has 0 amide bonds. The van der Waals surface area contributed by atoms with Gasteiger partial charge in [0.15, 0.2) is 0 Å². The fourth-order valence-corrected chi connectivity index (χ4v) is 3.16. The third-order valence-electron chi connectivity index (χ3n) is 4.46. The zero-order chi connectivity index (χ0) is 15.7. The number of nitrogens with zero attached hydrogens (tertiary/aromatic N) is 4. The summed E-state index contributed by atoms with van der Waals surface area (Å²) in [5, 5.41) is 0. The van der Waals surface area contributed by atoms with E-state index < -0.39 is 0 Å². The lowest BCUT2D eigenvalue weighted by molar-refractivity contribution is 0.287. The van der Waals surface area contributed by atoms with Crippen LogP contribution in [0.15, 0.2) is 48.8 Å². The first-order valence-electron chi connectivity index (χ1n) is 8.70. The fourth-order valence-electron chi connectivity index (χ4n) is 3.16. The first kappa shape index (κ1) is 15.9. The maximum Gasteiger partial charge on any atom is 0.225 e. The van der Waals surface area contributed by atoms with Crippen LogP contribution in [0.2, 0.25) is 0 Å². The van der Waals surface area contributed by atoms with Crippen molar-refractivity contribution < 1.29 is 0 Å². The molecule has 0 spiro atoms. The molecule has 3 rings (SSSR count). The Morgan fingerprint density at radius 2 is 1.65 bits per heavy atom. The third kappa shape index (κ3) is 5.03. The van der Waals surface area contributed by atoms with Gasteiger partial charge >= 0.3 is 0 Å². The van der Waals surface area contributed by atoms with Crippen LogP contribution < -0.4 is 4.90 Å². The molecular weight excluding hydrogens is 284 g/mol. The fraction of sp³-hybridized carbons (Fsp3) is 0.474. The lowest BCUT2D eigenvalue weighted by Gasteiger charge is -2.21. The summed E-state index contributed by atoms with van der Waals surface area (Å²) in [5.74, 6) is 0.874. The van der Waals surface area contributed by atoms with Crippen molar-refractivity contribution in [3.63, 3.8) is 0 Å². The standard InChI is InChI=1S/C19H26N4/c1-2-8-18(9-3-1)10-4-5-13-22-14-7-15-23(17-16-22)19-20-11-6-12-21-19/h1-3,6,8-9,11-12H,4-5,7,10,13-17H2. The van der Waals surface area contributed by atoms with E-state index in [0.29, 0.717) is 0 Å². The molecule has 0 aliphatic carbocycles. The van der Waals surface area contributed by atoms with Gasteiger partial charge in [0, 0.05) is 32.0 Å². The number of aromatic nitrogens is 2. The summed E-state index contributed by atoms with van der Waals surface area (Å²) in [6.45, 7) is 5.60. The van der Waals surface area contributed by atoms with E-state index in [1.807, 2.05) is 18.5 Å². The zero-order valence-electron chi connectivity index (χ0n) is 13.8. The molecule has 0 radical (unpaired) electrons. The van der Waals surface area contributed by atoms with Crippen molar-refractivity contribution in [1.82, 2.24) is 14.9 Å². The summed E-state index contributed by atoms with van der Waals surface area (Å²) in [4.78, 5) is 13.6. The van der Waals surface area contributed by atoms with Crippen LogP contribution in [-0.4, -0.2) is 47.6 Å². The molecule has 0 unspecified atom stereocenters. The summed E-state index contributed by atoms with van der Waals surface area (Å²) in [7, 11) is 0. The third-order valence-corrected chi connectivity index (χ3v) is 4.46. The van der Waals surface area contributed by atoms with Gasteiger partial charge < -0.3 is 9.80 Å². The number of hydrogen-bond donors (Lipinski definition) is 0. The van der Waals surface area contributed by atoms with E-state index in [2.05, 4.69) is 50.1 Å². The average molecular weight is 310 g/mol. The molecular formula is C19H26N4. The van der Waals surface area contributed by atoms with E-state index in [0.717, 1.165) is 25.6 Å². The Labute approximate surface area is 139 Å². The van der Waals surface area contributed by atoms with Gasteiger partial charge in [0.25, 0.3) is 0 Å². The molecule has 4 nitrogen and oxygen atoms in total. The van der Waals surface area contributed by atoms with Crippen molar-refractivity contribution in [3.05, 3.63) is 54.4 Å². The van der Waals surface area contributed by atoms with Gasteiger partial charge in [0.1, 0.15) is 0 Å². The van der Waals surface area contributed by atoms with E-state index >= 15 is 0 Å². The number of rotatable bonds is 6. The van der Waals surface area contributed by atoms with Gasteiger partial charge in [-0.25, -0.2) is 9.97 Å². The van der Waals surface area contributed by atoms with Crippen LogP contribution in [0.5, 0.6) is 0 Å². The number of aryl methyl sites for hydroxylation is 1. The van der Waals surface area contributed by atoms with E-state index in [-0.39, 0.29) is 0 Å². The number of anilines is 1. The monoisotopic (exact) mass is 310 g/mol. The molecule has 0 atom stereocenters. The Morgan fingerprint density at radius 3 is 2.48 bits per heavy atom.